The number of ether oxygens (including phenoxy) is 3. The smallest absolute Gasteiger partial charge is 0.338 e. The summed E-state index contributed by atoms with van der Waals surface area (Å²) in [5, 5.41) is 0. The fourth-order valence-electron chi connectivity index (χ4n) is 1.98. The molecule has 2 aromatic carbocycles. The SMILES string of the molecule is COC(=O)c1cccc(Oc2ccc(C(=O)OC)c(C)c2)c1. The van der Waals surface area contributed by atoms with Crippen molar-refractivity contribution in [3.63, 3.8) is 0 Å². The molecule has 0 unspecified atom stereocenters. The Labute approximate surface area is 128 Å². The van der Waals surface area contributed by atoms with Crippen LogP contribution in [-0.2, 0) is 9.47 Å². The van der Waals surface area contributed by atoms with E-state index in [0.29, 0.717) is 22.6 Å². The van der Waals surface area contributed by atoms with Crippen molar-refractivity contribution in [1.82, 2.24) is 0 Å². The van der Waals surface area contributed by atoms with Crippen LogP contribution in [0.15, 0.2) is 42.5 Å². The molecule has 22 heavy (non-hydrogen) atoms. The standard InChI is InChI=1S/C17H16O5/c1-11-9-14(7-8-15(11)17(19)21-3)22-13-6-4-5-12(10-13)16(18)20-2/h4-10H,1-3H3. The molecule has 0 aliphatic carbocycles. The van der Waals surface area contributed by atoms with Gasteiger partial charge >= 0.3 is 11.9 Å². The van der Waals surface area contributed by atoms with Gasteiger partial charge in [0.2, 0.25) is 0 Å². The number of carbonyl (C=O) groups is 2. The number of aryl methyl sites for hydroxylation is 1. The quantitative estimate of drug-likeness (QED) is 0.810. The third-order valence-corrected chi connectivity index (χ3v) is 3.09. The Morgan fingerprint density at radius 1 is 0.864 bits per heavy atom. The van der Waals surface area contributed by atoms with E-state index < -0.39 is 11.9 Å². The Bertz CT molecular complexity index is 706. The largest absolute Gasteiger partial charge is 0.465 e. The second-order valence-electron chi connectivity index (χ2n) is 4.59. The number of hydrogen-bond acceptors (Lipinski definition) is 5. The molecular formula is C17H16O5. The van der Waals surface area contributed by atoms with Crippen LogP contribution in [0, 0.1) is 6.92 Å². The van der Waals surface area contributed by atoms with Gasteiger partial charge in [-0.25, -0.2) is 9.59 Å². The molecule has 0 spiro atoms. The van der Waals surface area contributed by atoms with Gasteiger partial charge in [0.1, 0.15) is 11.5 Å². The summed E-state index contributed by atoms with van der Waals surface area (Å²) in [6.45, 7) is 1.80. The zero-order valence-electron chi connectivity index (χ0n) is 12.6. The van der Waals surface area contributed by atoms with Crippen molar-refractivity contribution in [1.29, 1.82) is 0 Å². The maximum Gasteiger partial charge on any atom is 0.338 e. The van der Waals surface area contributed by atoms with Gasteiger partial charge in [-0.2, -0.15) is 0 Å². The van der Waals surface area contributed by atoms with Gasteiger partial charge in [0.15, 0.2) is 0 Å². The predicted molar refractivity (Wildman–Crippen MR) is 80.4 cm³/mol. The van der Waals surface area contributed by atoms with Gasteiger partial charge in [-0.3, -0.25) is 0 Å². The Balaban J connectivity index is 2.23. The average molecular weight is 300 g/mol. The van der Waals surface area contributed by atoms with Crippen LogP contribution in [0.2, 0.25) is 0 Å². The molecule has 0 amide bonds. The lowest BCUT2D eigenvalue weighted by Gasteiger charge is -2.09. The van der Waals surface area contributed by atoms with Gasteiger partial charge in [-0.15, -0.1) is 0 Å². The minimum Gasteiger partial charge on any atom is -0.465 e. The van der Waals surface area contributed by atoms with E-state index in [1.54, 1.807) is 49.4 Å². The molecule has 5 heteroatoms. The van der Waals surface area contributed by atoms with E-state index in [-0.39, 0.29) is 0 Å². The fourth-order valence-corrected chi connectivity index (χ4v) is 1.98. The van der Waals surface area contributed by atoms with Crippen LogP contribution in [-0.4, -0.2) is 26.2 Å². The van der Waals surface area contributed by atoms with E-state index in [1.807, 2.05) is 0 Å². The zero-order chi connectivity index (χ0) is 16.1. The first kappa shape index (κ1) is 15.6. The highest BCUT2D eigenvalue weighted by atomic mass is 16.5. The first-order valence-corrected chi connectivity index (χ1v) is 6.60. The number of rotatable bonds is 4. The van der Waals surface area contributed by atoms with Crippen molar-refractivity contribution >= 4 is 11.9 Å². The molecule has 5 nitrogen and oxygen atoms in total. The molecule has 0 bridgehead atoms. The summed E-state index contributed by atoms with van der Waals surface area (Å²) in [4.78, 5) is 23.0. The molecule has 2 aromatic rings. The van der Waals surface area contributed by atoms with E-state index in [4.69, 9.17) is 9.47 Å². The second-order valence-corrected chi connectivity index (χ2v) is 4.59. The lowest BCUT2D eigenvalue weighted by atomic mass is 10.1. The average Bonchev–Trinajstić information content (AvgIpc) is 2.53. The van der Waals surface area contributed by atoms with Crippen molar-refractivity contribution in [2.24, 2.45) is 0 Å². The van der Waals surface area contributed by atoms with Gasteiger partial charge in [0.25, 0.3) is 0 Å². The van der Waals surface area contributed by atoms with Crippen molar-refractivity contribution in [2.75, 3.05) is 14.2 Å². The first-order chi connectivity index (χ1) is 10.5. The summed E-state index contributed by atoms with van der Waals surface area (Å²) in [6, 6.07) is 11.7. The second kappa shape index (κ2) is 6.76. The monoisotopic (exact) mass is 300 g/mol. The first-order valence-electron chi connectivity index (χ1n) is 6.60. The number of hydrogen-bond donors (Lipinski definition) is 0. The lowest BCUT2D eigenvalue weighted by molar-refractivity contribution is 0.0591. The number of carbonyl (C=O) groups excluding carboxylic acids is 2. The van der Waals surface area contributed by atoms with Gasteiger partial charge < -0.3 is 14.2 Å². The topological polar surface area (TPSA) is 61.8 Å². The van der Waals surface area contributed by atoms with Crippen molar-refractivity contribution in [2.45, 2.75) is 6.92 Å². The zero-order valence-corrected chi connectivity index (χ0v) is 12.6. The Morgan fingerprint density at radius 3 is 2.18 bits per heavy atom. The maximum absolute atomic E-state index is 11.5. The van der Waals surface area contributed by atoms with Crippen LogP contribution in [0.3, 0.4) is 0 Å². The molecule has 0 radical (unpaired) electrons. The molecule has 0 heterocycles. The van der Waals surface area contributed by atoms with E-state index in [1.165, 1.54) is 14.2 Å². The molecule has 0 saturated heterocycles. The minimum absolute atomic E-state index is 0.392. The van der Waals surface area contributed by atoms with Crippen LogP contribution in [0.1, 0.15) is 26.3 Å². The molecule has 2 rings (SSSR count). The predicted octanol–water partition coefficient (Wildman–Crippen LogP) is 3.36. The van der Waals surface area contributed by atoms with Crippen LogP contribution < -0.4 is 4.74 Å². The van der Waals surface area contributed by atoms with Gasteiger partial charge in [0.05, 0.1) is 25.3 Å². The molecule has 114 valence electrons. The summed E-state index contributed by atoms with van der Waals surface area (Å²) in [5.41, 5.74) is 1.63. The maximum atomic E-state index is 11.5. The third-order valence-electron chi connectivity index (χ3n) is 3.09. The van der Waals surface area contributed by atoms with Crippen LogP contribution >= 0.6 is 0 Å². The van der Waals surface area contributed by atoms with Crippen LogP contribution in [0.5, 0.6) is 11.5 Å². The summed E-state index contributed by atoms with van der Waals surface area (Å²) in [7, 11) is 2.66. The highest BCUT2D eigenvalue weighted by Gasteiger charge is 2.11. The Morgan fingerprint density at radius 2 is 1.55 bits per heavy atom. The summed E-state index contributed by atoms with van der Waals surface area (Å²) in [5.74, 6) is 0.250. The summed E-state index contributed by atoms with van der Waals surface area (Å²) in [6.07, 6.45) is 0. The van der Waals surface area contributed by atoms with Gasteiger partial charge in [0, 0.05) is 0 Å². The van der Waals surface area contributed by atoms with Gasteiger partial charge in [-0.05, 0) is 48.9 Å². The van der Waals surface area contributed by atoms with E-state index >= 15 is 0 Å². The van der Waals surface area contributed by atoms with E-state index in [0.717, 1.165) is 5.56 Å². The Kier molecular flexibility index (Phi) is 4.78. The molecule has 0 aliphatic rings. The summed E-state index contributed by atoms with van der Waals surface area (Å²) < 4.78 is 15.1. The fraction of sp³-hybridized carbons (Fsp3) is 0.176. The van der Waals surface area contributed by atoms with Gasteiger partial charge in [-0.1, -0.05) is 6.07 Å². The van der Waals surface area contributed by atoms with Crippen molar-refractivity contribution in [3.05, 3.63) is 59.2 Å². The Hall–Kier alpha value is -2.82. The summed E-state index contributed by atoms with van der Waals surface area (Å²) >= 11 is 0. The van der Waals surface area contributed by atoms with Crippen LogP contribution in [0.4, 0.5) is 0 Å². The van der Waals surface area contributed by atoms with E-state index in [2.05, 4.69) is 4.74 Å². The van der Waals surface area contributed by atoms with Crippen molar-refractivity contribution < 1.29 is 23.8 Å². The normalized spacial score (nSPS) is 9.95. The molecule has 0 aliphatic heterocycles. The molecule has 0 atom stereocenters. The number of esters is 2. The highest BCUT2D eigenvalue weighted by Crippen LogP contribution is 2.25. The van der Waals surface area contributed by atoms with Crippen LogP contribution in [0.25, 0.3) is 0 Å². The molecule has 0 saturated carbocycles. The third kappa shape index (κ3) is 3.44. The minimum atomic E-state index is -0.428. The lowest BCUT2D eigenvalue weighted by Crippen LogP contribution is -2.03. The molecule has 0 fully saturated rings. The molecule has 0 aromatic heterocycles. The number of methoxy groups -OCH3 is 2. The number of benzene rings is 2. The molecular weight excluding hydrogens is 284 g/mol. The molecule has 0 N–H and O–H groups in total. The van der Waals surface area contributed by atoms with Crippen molar-refractivity contribution in [3.8, 4) is 11.5 Å². The van der Waals surface area contributed by atoms with E-state index in [9.17, 15) is 9.59 Å². The highest BCUT2D eigenvalue weighted by molar-refractivity contribution is 5.91.